The lowest BCUT2D eigenvalue weighted by molar-refractivity contribution is 0.189. The summed E-state index contributed by atoms with van der Waals surface area (Å²) in [6, 6.07) is 0. The van der Waals surface area contributed by atoms with E-state index in [2.05, 4.69) is 11.8 Å². The zero-order valence-corrected chi connectivity index (χ0v) is 7.65. The molecule has 0 aromatic rings. The Labute approximate surface area is 73.2 Å². The Morgan fingerprint density at radius 3 is 3.08 bits per heavy atom. The lowest BCUT2D eigenvalue weighted by atomic mass is 9.90. The zero-order chi connectivity index (χ0) is 8.60. The van der Waals surface area contributed by atoms with Crippen LogP contribution in [0.25, 0.3) is 0 Å². The quantitative estimate of drug-likeness (QED) is 0.583. The molecule has 68 valence electrons. The van der Waals surface area contributed by atoms with Crippen LogP contribution in [0.4, 0.5) is 4.39 Å². The second kappa shape index (κ2) is 2.84. The molecule has 2 saturated heterocycles. The van der Waals surface area contributed by atoms with Crippen LogP contribution >= 0.6 is 0 Å². The summed E-state index contributed by atoms with van der Waals surface area (Å²) in [6.07, 6.45) is 5.52. The van der Waals surface area contributed by atoms with E-state index in [1.54, 1.807) is 0 Å². The van der Waals surface area contributed by atoms with Crippen molar-refractivity contribution in [2.45, 2.75) is 38.1 Å². The third-order valence-electron chi connectivity index (χ3n) is 3.50. The van der Waals surface area contributed by atoms with Gasteiger partial charge in [0.1, 0.15) is 0 Å². The molecule has 2 heteroatoms. The third-order valence-corrected chi connectivity index (χ3v) is 3.50. The molecule has 0 saturated carbocycles. The van der Waals surface area contributed by atoms with Crippen LogP contribution in [0.5, 0.6) is 0 Å². The van der Waals surface area contributed by atoms with Gasteiger partial charge in [0.05, 0.1) is 6.33 Å². The molecule has 0 aromatic carbocycles. The zero-order valence-electron chi connectivity index (χ0n) is 7.65. The molecule has 0 amide bonds. The van der Waals surface area contributed by atoms with Gasteiger partial charge in [-0.25, -0.2) is 4.39 Å². The van der Waals surface area contributed by atoms with Gasteiger partial charge in [-0.15, -0.1) is 0 Å². The number of fused-ring (bicyclic) bond motifs is 1. The summed E-state index contributed by atoms with van der Waals surface area (Å²) < 4.78 is 12.3. The van der Waals surface area contributed by atoms with Crippen molar-refractivity contribution in [3.63, 3.8) is 0 Å². The van der Waals surface area contributed by atoms with Crippen molar-refractivity contribution in [1.82, 2.24) is 4.90 Å². The molecule has 2 heterocycles. The third kappa shape index (κ3) is 1.01. The van der Waals surface area contributed by atoms with Crippen LogP contribution in [0.2, 0.25) is 0 Å². The molecule has 0 spiro atoms. The fourth-order valence-corrected chi connectivity index (χ4v) is 2.76. The van der Waals surface area contributed by atoms with Gasteiger partial charge in [0, 0.05) is 12.1 Å². The van der Waals surface area contributed by atoms with E-state index < -0.39 is 0 Å². The minimum atomic E-state index is 0.345. The molecule has 2 aliphatic heterocycles. The predicted octanol–water partition coefficient (Wildman–Crippen LogP) is 2.49. The van der Waals surface area contributed by atoms with E-state index in [1.807, 2.05) is 0 Å². The molecule has 1 nitrogen and oxygen atoms in total. The first-order valence-corrected chi connectivity index (χ1v) is 4.84. The average Bonchev–Trinajstić information content (AvgIpc) is 2.58. The summed E-state index contributed by atoms with van der Waals surface area (Å²) >= 11 is 0. The topological polar surface area (TPSA) is 3.24 Å². The number of hydrogen-bond acceptors (Lipinski definition) is 1. The molecule has 2 rings (SSSR count). The van der Waals surface area contributed by atoms with Gasteiger partial charge < -0.3 is 0 Å². The Morgan fingerprint density at radius 1 is 1.67 bits per heavy atom. The molecule has 0 aliphatic carbocycles. The molecule has 0 radical (unpaired) electrons. The molecule has 12 heavy (non-hydrogen) atoms. The summed E-state index contributed by atoms with van der Waals surface area (Å²) in [5.74, 6) is 0. The molecular weight excluding hydrogens is 153 g/mol. The maximum atomic E-state index is 12.3. The second-order valence-electron chi connectivity index (χ2n) is 4.05. The first-order valence-electron chi connectivity index (χ1n) is 4.84. The van der Waals surface area contributed by atoms with Gasteiger partial charge in [-0.2, -0.15) is 0 Å². The van der Waals surface area contributed by atoms with Gasteiger partial charge in [0.25, 0.3) is 0 Å². The van der Waals surface area contributed by atoms with Crippen LogP contribution < -0.4 is 0 Å². The summed E-state index contributed by atoms with van der Waals surface area (Å²) in [4.78, 5) is 2.46. The lowest BCUT2D eigenvalue weighted by Gasteiger charge is -2.29. The molecule has 2 fully saturated rings. The van der Waals surface area contributed by atoms with E-state index in [0.29, 0.717) is 5.54 Å². The SMILES string of the molecule is CC[C@]12CCCN1C/C(=C/F)C2. The van der Waals surface area contributed by atoms with E-state index in [9.17, 15) is 4.39 Å². The molecule has 0 N–H and O–H groups in total. The van der Waals surface area contributed by atoms with Crippen molar-refractivity contribution in [3.8, 4) is 0 Å². The average molecular weight is 169 g/mol. The second-order valence-corrected chi connectivity index (χ2v) is 4.05. The fourth-order valence-electron chi connectivity index (χ4n) is 2.76. The normalized spacial score (nSPS) is 39.3. The minimum absolute atomic E-state index is 0.345. The van der Waals surface area contributed by atoms with Crippen LogP contribution in [-0.2, 0) is 0 Å². The van der Waals surface area contributed by atoms with Gasteiger partial charge in [0.2, 0.25) is 0 Å². The highest BCUT2D eigenvalue weighted by Gasteiger charge is 2.44. The molecular formula is C10H16FN. The Morgan fingerprint density at radius 2 is 2.50 bits per heavy atom. The van der Waals surface area contributed by atoms with Crippen LogP contribution in [0.1, 0.15) is 32.6 Å². The molecule has 2 aliphatic rings. The van der Waals surface area contributed by atoms with Crippen molar-refractivity contribution >= 4 is 0 Å². The Bertz CT molecular complexity index is 212. The van der Waals surface area contributed by atoms with E-state index in [0.717, 1.165) is 24.9 Å². The van der Waals surface area contributed by atoms with E-state index >= 15 is 0 Å². The van der Waals surface area contributed by atoms with Crippen molar-refractivity contribution in [3.05, 3.63) is 11.9 Å². The van der Waals surface area contributed by atoms with Gasteiger partial charge in [-0.05, 0) is 37.8 Å². The van der Waals surface area contributed by atoms with Crippen molar-refractivity contribution in [1.29, 1.82) is 0 Å². The van der Waals surface area contributed by atoms with E-state index in [1.165, 1.54) is 25.8 Å². The monoisotopic (exact) mass is 169 g/mol. The molecule has 0 unspecified atom stereocenters. The molecule has 0 bridgehead atoms. The number of halogens is 1. The van der Waals surface area contributed by atoms with Crippen LogP contribution in [0.15, 0.2) is 11.9 Å². The summed E-state index contributed by atoms with van der Waals surface area (Å²) in [5, 5.41) is 0. The first-order chi connectivity index (χ1) is 5.80. The lowest BCUT2D eigenvalue weighted by Crippen LogP contribution is -2.37. The van der Waals surface area contributed by atoms with Gasteiger partial charge in [0.15, 0.2) is 0 Å². The highest BCUT2D eigenvalue weighted by atomic mass is 19.1. The van der Waals surface area contributed by atoms with Crippen molar-refractivity contribution in [2.24, 2.45) is 0 Å². The fraction of sp³-hybridized carbons (Fsp3) is 0.800. The predicted molar refractivity (Wildman–Crippen MR) is 47.6 cm³/mol. The van der Waals surface area contributed by atoms with Gasteiger partial charge in [-0.1, -0.05) is 6.92 Å². The van der Waals surface area contributed by atoms with Crippen LogP contribution in [0, 0.1) is 0 Å². The smallest absolute Gasteiger partial charge is 0.0872 e. The van der Waals surface area contributed by atoms with Crippen LogP contribution in [0.3, 0.4) is 0 Å². The first kappa shape index (κ1) is 8.24. The molecule has 1 atom stereocenters. The van der Waals surface area contributed by atoms with Crippen molar-refractivity contribution < 1.29 is 4.39 Å². The summed E-state index contributed by atoms with van der Waals surface area (Å²) in [7, 11) is 0. The summed E-state index contributed by atoms with van der Waals surface area (Å²) in [5.41, 5.74) is 1.34. The number of rotatable bonds is 1. The van der Waals surface area contributed by atoms with Gasteiger partial charge in [-0.3, -0.25) is 4.90 Å². The minimum Gasteiger partial charge on any atom is -0.293 e. The Hall–Kier alpha value is -0.370. The van der Waals surface area contributed by atoms with Gasteiger partial charge >= 0.3 is 0 Å². The Balaban J connectivity index is 2.20. The number of nitrogens with zero attached hydrogens (tertiary/aromatic N) is 1. The van der Waals surface area contributed by atoms with E-state index in [-0.39, 0.29) is 0 Å². The standard InChI is InChI=1S/C10H16FN/c1-2-10-4-3-5-12(10)8-9(6-10)7-11/h7H,2-6,8H2,1H3/b9-7+/t10-/m1/s1. The highest BCUT2D eigenvalue weighted by molar-refractivity contribution is 5.18. The highest BCUT2D eigenvalue weighted by Crippen LogP contribution is 2.43. The van der Waals surface area contributed by atoms with E-state index in [4.69, 9.17) is 0 Å². The number of hydrogen-bond donors (Lipinski definition) is 0. The van der Waals surface area contributed by atoms with Crippen molar-refractivity contribution in [2.75, 3.05) is 13.1 Å². The summed E-state index contributed by atoms with van der Waals surface area (Å²) in [6.45, 7) is 4.27. The Kier molecular flexibility index (Phi) is 1.95. The molecule has 0 aromatic heterocycles. The maximum absolute atomic E-state index is 12.3. The van der Waals surface area contributed by atoms with Crippen LogP contribution in [-0.4, -0.2) is 23.5 Å². The maximum Gasteiger partial charge on any atom is 0.0872 e. The largest absolute Gasteiger partial charge is 0.293 e.